The van der Waals surface area contributed by atoms with E-state index in [9.17, 15) is 4.79 Å². The van der Waals surface area contributed by atoms with E-state index in [4.69, 9.17) is 8.83 Å². The molecule has 0 atom stereocenters. The molecule has 0 bridgehead atoms. The standard InChI is InChI=1S/C23H16N2O3/c1-14-9-10-18-20(11-14)28-23(25-18)16-6-4-7-17(12-16)24-22(26)21-13-15-5-2-3-8-19(15)27-21/h2-13H,1H3,(H,24,26). The van der Waals surface area contributed by atoms with Crippen LogP contribution in [0.4, 0.5) is 5.69 Å². The molecule has 5 rings (SSSR count). The third kappa shape index (κ3) is 2.93. The van der Waals surface area contributed by atoms with E-state index in [-0.39, 0.29) is 11.7 Å². The number of benzene rings is 3. The van der Waals surface area contributed by atoms with Crippen molar-refractivity contribution in [2.45, 2.75) is 6.92 Å². The van der Waals surface area contributed by atoms with Crippen LogP contribution in [0.15, 0.2) is 81.6 Å². The van der Waals surface area contributed by atoms with E-state index in [1.165, 1.54) is 0 Å². The summed E-state index contributed by atoms with van der Waals surface area (Å²) < 4.78 is 11.5. The van der Waals surface area contributed by atoms with Crippen molar-refractivity contribution in [3.8, 4) is 11.5 Å². The van der Waals surface area contributed by atoms with Crippen molar-refractivity contribution in [1.82, 2.24) is 4.98 Å². The first-order valence-electron chi connectivity index (χ1n) is 8.93. The number of hydrogen-bond donors (Lipinski definition) is 1. The highest BCUT2D eigenvalue weighted by Crippen LogP contribution is 2.27. The topological polar surface area (TPSA) is 68.3 Å². The first kappa shape index (κ1) is 16.3. The molecule has 5 heteroatoms. The molecule has 0 aliphatic rings. The van der Waals surface area contributed by atoms with Crippen molar-refractivity contribution in [2.24, 2.45) is 0 Å². The van der Waals surface area contributed by atoms with Crippen molar-refractivity contribution < 1.29 is 13.6 Å². The minimum atomic E-state index is -0.304. The van der Waals surface area contributed by atoms with Crippen LogP contribution in [0.5, 0.6) is 0 Å². The van der Waals surface area contributed by atoms with E-state index in [2.05, 4.69) is 10.3 Å². The Balaban J connectivity index is 1.43. The monoisotopic (exact) mass is 368 g/mol. The van der Waals surface area contributed by atoms with Gasteiger partial charge in [-0.1, -0.05) is 30.3 Å². The molecule has 0 radical (unpaired) electrons. The van der Waals surface area contributed by atoms with Crippen LogP contribution < -0.4 is 5.32 Å². The number of nitrogens with zero attached hydrogens (tertiary/aromatic N) is 1. The molecular weight excluding hydrogens is 352 g/mol. The summed E-state index contributed by atoms with van der Waals surface area (Å²) in [5, 5.41) is 3.76. The van der Waals surface area contributed by atoms with E-state index >= 15 is 0 Å². The average molecular weight is 368 g/mol. The van der Waals surface area contributed by atoms with Gasteiger partial charge in [0.25, 0.3) is 5.91 Å². The highest BCUT2D eigenvalue weighted by molar-refractivity contribution is 6.04. The van der Waals surface area contributed by atoms with Crippen LogP contribution in [-0.2, 0) is 0 Å². The number of amides is 1. The van der Waals surface area contributed by atoms with Gasteiger partial charge in [0, 0.05) is 16.6 Å². The number of nitrogens with one attached hydrogen (secondary N) is 1. The number of aryl methyl sites for hydroxylation is 1. The highest BCUT2D eigenvalue weighted by atomic mass is 16.4. The zero-order valence-electron chi connectivity index (χ0n) is 15.1. The molecular formula is C23H16N2O3. The summed E-state index contributed by atoms with van der Waals surface area (Å²) in [7, 11) is 0. The van der Waals surface area contributed by atoms with Gasteiger partial charge in [0.2, 0.25) is 5.89 Å². The van der Waals surface area contributed by atoms with E-state index in [0.717, 1.165) is 27.6 Å². The zero-order chi connectivity index (χ0) is 19.1. The summed E-state index contributed by atoms with van der Waals surface area (Å²) in [6.45, 7) is 2.01. The molecule has 5 nitrogen and oxygen atoms in total. The highest BCUT2D eigenvalue weighted by Gasteiger charge is 2.14. The lowest BCUT2D eigenvalue weighted by molar-refractivity contribution is 0.0998. The molecule has 136 valence electrons. The Hall–Kier alpha value is -3.86. The third-order valence-corrected chi connectivity index (χ3v) is 4.56. The fraction of sp³-hybridized carbons (Fsp3) is 0.0435. The predicted molar refractivity (Wildman–Crippen MR) is 108 cm³/mol. The normalized spacial score (nSPS) is 11.2. The van der Waals surface area contributed by atoms with Gasteiger partial charge in [-0.25, -0.2) is 4.98 Å². The first-order chi connectivity index (χ1) is 13.7. The molecule has 0 saturated heterocycles. The lowest BCUT2D eigenvalue weighted by atomic mass is 10.2. The van der Waals surface area contributed by atoms with Crippen LogP contribution in [0.3, 0.4) is 0 Å². The third-order valence-electron chi connectivity index (χ3n) is 4.56. The van der Waals surface area contributed by atoms with Gasteiger partial charge in [-0.3, -0.25) is 4.79 Å². The molecule has 0 unspecified atom stereocenters. The Morgan fingerprint density at radius 1 is 0.893 bits per heavy atom. The summed E-state index contributed by atoms with van der Waals surface area (Å²) >= 11 is 0. The summed E-state index contributed by atoms with van der Waals surface area (Å²) in [5.41, 5.74) is 4.77. The van der Waals surface area contributed by atoms with Crippen LogP contribution in [0.2, 0.25) is 0 Å². The molecule has 1 N–H and O–H groups in total. The number of rotatable bonds is 3. The second-order valence-corrected chi connectivity index (χ2v) is 6.67. The maximum Gasteiger partial charge on any atom is 0.291 e. The molecule has 0 saturated carbocycles. The minimum Gasteiger partial charge on any atom is -0.451 e. The van der Waals surface area contributed by atoms with Crippen molar-refractivity contribution in [3.05, 3.63) is 84.1 Å². The predicted octanol–water partition coefficient (Wildman–Crippen LogP) is 5.80. The molecule has 2 aromatic heterocycles. The van der Waals surface area contributed by atoms with E-state index in [1.54, 1.807) is 6.07 Å². The van der Waals surface area contributed by atoms with E-state index in [1.807, 2.05) is 73.7 Å². The number of furan rings is 1. The summed E-state index contributed by atoms with van der Waals surface area (Å²) in [4.78, 5) is 17.1. The number of oxazole rings is 1. The maximum atomic E-state index is 12.6. The van der Waals surface area contributed by atoms with Crippen molar-refractivity contribution in [3.63, 3.8) is 0 Å². The Bertz CT molecular complexity index is 1300. The molecule has 5 aromatic rings. The lowest BCUT2D eigenvalue weighted by Crippen LogP contribution is -2.10. The SMILES string of the molecule is Cc1ccc2nc(-c3cccc(NC(=O)c4cc5ccccc5o4)c3)oc2c1. The van der Waals surface area contributed by atoms with Gasteiger partial charge in [0.05, 0.1) is 0 Å². The van der Waals surface area contributed by atoms with Gasteiger partial charge in [-0.05, 0) is 55.0 Å². The van der Waals surface area contributed by atoms with Gasteiger partial charge in [0.15, 0.2) is 11.3 Å². The average Bonchev–Trinajstić information content (AvgIpc) is 3.32. The fourth-order valence-corrected chi connectivity index (χ4v) is 3.17. The van der Waals surface area contributed by atoms with Gasteiger partial charge in [0.1, 0.15) is 11.1 Å². The molecule has 0 aliphatic heterocycles. The minimum absolute atomic E-state index is 0.268. The quantitative estimate of drug-likeness (QED) is 0.437. The number of carbonyl (C=O) groups excluding carboxylic acids is 1. The number of fused-ring (bicyclic) bond motifs is 2. The molecule has 2 heterocycles. The zero-order valence-corrected chi connectivity index (χ0v) is 15.1. The molecule has 1 amide bonds. The van der Waals surface area contributed by atoms with Gasteiger partial charge >= 0.3 is 0 Å². The van der Waals surface area contributed by atoms with Crippen LogP contribution in [0.1, 0.15) is 16.1 Å². The smallest absolute Gasteiger partial charge is 0.291 e. The first-order valence-corrected chi connectivity index (χ1v) is 8.93. The van der Waals surface area contributed by atoms with E-state index < -0.39 is 0 Å². The number of anilines is 1. The van der Waals surface area contributed by atoms with Gasteiger partial charge in [-0.2, -0.15) is 0 Å². The molecule has 0 aliphatic carbocycles. The number of carbonyl (C=O) groups is 1. The Morgan fingerprint density at radius 3 is 2.68 bits per heavy atom. The Morgan fingerprint density at radius 2 is 1.79 bits per heavy atom. The Kier molecular flexibility index (Phi) is 3.72. The molecule has 3 aromatic carbocycles. The van der Waals surface area contributed by atoms with Crippen LogP contribution in [0.25, 0.3) is 33.5 Å². The number of para-hydroxylation sites is 1. The summed E-state index contributed by atoms with van der Waals surface area (Å²) in [6, 6.07) is 22.5. The molecule has 0 fully saturated rings. The molecule has 0 spiro atoms. The summed E-state index contributed by atoms with van der Waals surface area (Å²) in [6.07, 6.45) is 0. The van der Waals surface area contributed by atoms with Crippen molar-refractivity contribution in [2.75, 3.05) is 5.32 Å². The maximum absolute atomic E-state index is 12.6. The number of hydrogen-bond acceptors (Lipinski definition) is 4. The van der Waals surface area contributed by atoms with E-state index in [0.29, 0.717) is 17.2 Å². The lowest BCUT2D eigenvalue weighted by Gasteiger charge is -2.04. The second kappa shape index (κ2) is 6.39. The van der Waals surface area contributed by atoms with Gasteiger partial charge < -0.3 is 14.2 Å². The summed E-state index contributed by atoms with van der Waals surface area (Å²) in [5.74, 6) is 0.478. The van der Waals surface area contributed by atoms with Gasteiger partial charge in [-0.15, -0.1) is 0 Å². The number of aromatic nitrogens is 1. The van der Waals surface area contributed by atoms with Crippen LogP contribution in [-0.4, -0.2) is 10.9 Å². The van der Waals surface area contributed by atoms with Crippen molar-refractivity contribution >= 4 is 33.7 Å². The molecule has 28 heavy (non-hydrogen) atoms. The Labute approximate surface area is 160 Å². The van der Waals surface area contributed by atoms with Crippen molar-refractivity contribution in [1.29, 1.82) is 0 Å². The van der Waals surface area contributed by atoms with Crippen LogP contribution >= 0.6 is 0 Å². The fourth-order valence-electron chi connectivity index (χ4n) is 3.17. The second-order valence-electron chi connectivity index (χ2n) is 6.67. The van der Waals surface area contributed by atoms with Crippen LogP contribution in [0, 0.1) is 6.92 Å². The largest absolute Gasteiger partial charge is 0.451 e.